The van der Waals surface area contributed by atoms with E-state index in [9.17, 15) is 14.4 Å². The van der Waals surface area contributed by atoms with Crippen LogP contribution >= 0.6 is 11.6 Å². The topological polar surface area (TPSA) is 128 Å². The number of carbonyl (C=O) groups is 3. The van der Waals surface area contributed by atoms with Gasteiger partial charge >= 0.3 is 12.1 Å². The van der Waals surface area contributed by atoms with Crippen LogP contribution in [0.3, 0.4) is 0 Å². The highest BCUT2D eigenvalue weighted by Gasteiger charge is 2.21. The number of ether oxygens (including phenoxy) is 2. The minimum atomic E-state index is -0.786. The molecular formula is C25H21ClN6O5. The van der Waals surface area contributed by atoms with Crippen LogP contribution < -0.4 is 20.3 Å². The molecule has 4 aromatic rings. The largest absolute Gasteiger partial charge is 0.419 e. The molecule has 3 heterocycles. The summed E-state index contributed by atoms with van der Waals surface area (Å²) in [5.74, 6) is -0.182. The maximum atomic E-state index is 12.7. The van der Waals surface area contributed by atoms with Crippen molar-refractivity contribution < 1.29 is 23.9 Å². The van der Waals surface area contributed by atoms with Crippen molar-refractivity contribution in [3.05, 3.63) is 71.9 Å². The lowest BCUT2D eigenvalue weighted by atomic mass is 10.2. The van der Waals surface area contributed by atoms with Crippen molar-refractivity contribution in [1.29, 1.82) is 0 Å². The third kappa shape index (κ3) is 5.68. The number of aromatic nitrogens is 3. The monoisotopic (exact) mass is 520 g/mol. The van der Waals surface area contributed by atoms with Crippen molar-refractivity contribution in [2.45, 2.75) is 6.54 Å². The molecule has 1 aliphatic rings. The Morgan fingerprint density at radius 1 is 1.05 bits per heavy atom. The van der Waals surface area contributed by atoms with Gasteiger partial charge in [-0.1, -0.05) is 23.7 Å². The second kappa shape index (κ2) is 10.6. The lowest BCUT2D eigenvalue weighted by Crippen LogP contribution is -2.41. The molecule has 1 fully saturated rings. The molecule has 12 heteroatoms. The van der Waals surface area contributed by atoms with E-state index in [0.717, 1.165) is 0 Å². The molecule has 0 saturated carbocycles. The number of benzene rings is 2. The number of hydrogen-bond acceptors (Lipinski definition) is 7. The van der Waals surface area contributed by atoms with Gasteiger partial charge in [-0.15, -0.1) is 0 Å². The fourth-order valence-electron chi connectivity index (χ4n) is 3.80. The average Bonchev–Trinajstić information content (AvgIpc) is 3.22. The summed E-state index contributed by atoms with van der Waals surface area (Å²) >= 11 is 5.84. The Bertz CT molecular complexity index is 1450. The lowest BCUT2D eigenvalue weighted by molar-refractivity contribution is -0.125. The van der Waals surface area contributed by atoms with Gasteiger partial charge in [0.1, 0.15) is 19.0 Å². The van der Waals surface area contributed by atoms with E-state index in [0.29, 0.717) is 46.4 Å². The number of rotatable bonds is 6. The van der Waals surface area contributed by atoms with Crippen LogP contribution in [0.1, 0.15) is 0 Å². The fourth-order valence-corrected chi connectivity index (χ4v) is 3.91. The average molecular weight is 521 g/mol. The van der Waals surface area contributed by atoms with Crippen LogP contribution in [0.2, 0.25) is 5.02 Å². The second-order valence-electron chi connectivity index (χ2n) is 8.04. The normalized spacial score (nSPS) is 13.4. The summed E-state index contributed by atoms with van der Waals surface area (Å²) < 4.78 is 12.1. The third-order valence-corrected chi connectivity index (χ3v) is 5.73. The van der Waals surface area contributed by atoms with Crippen molar-refractivity contribution in [1.82, 2.24) is 14.5 Å². The Balaban J connectivity index is 1.28. The Kier molecular flexibility index (Phi) is 6.97. The molecule has 1 aliphatic heterocycles. The van der Waals surface area contributed by atoms with Crippen LogP contribution in [0.25, 0.3) is 11.0 Å². The van der Waals surface area contributed by atoms with E-state index >= 15 is 0 Å². The molecule has 0 radical (unpaired) electrons. The predicted octanol–water partition coefficient (Wildman–Crippen LogP) is 3.70. The molecule has 0 spiro atoms. The van der Waals surface area contributed by atoms with Crippen LogP contribution in [0.5, 0.6) is 6.01 Å². The highest BCUT2D eigenvalue weighted by molar-refractivity contribution is 6.30. The van der Waals surface area contributed by atoms with Gasteiger partial charge in [-0.3, -0.25) is 19.5 Å². The van der Waals surface area contributed by atoms with Gasteiger partial charge in [0.2, 0.25) is 5.91 Å². The summed E-state index contributed by atoms with van der Waals surface area (Å²) in [5, 5.41) is 5.76. The van der Waals surface area contributed by atoms with Gasteiger partial charge in [-0.25, -0.2) is 9.78 Å². The number of imidazole rings is 1. The summed E-state index contributed by atoms with van der Waals surface area (Å²) in [4.78, 5) is 47.4. The van der Waals surface area contributed by atoms with Gasteiger partial charge in [0, 0.05) is 24.1 Å². The molecule has 0 unspecified atom stereocenters. The van der Waals surface area contributed by atoms with Crippen LogP contribution in [0.15, 0.2) is 66.9 Å². The van der Waals surface area contributed by atoms with E-state index in [1.165, 1.54) is 10.8 Å². The van der Waals surface area contributed by atoms with Crippen LogP contribution in [-0.2, 0) is 20.9 Å². The van der Waals surface area contributed by atoms with E-state index in [1.807, 2.05) is 0 Å². The lowest BCUT2D eigenvalue weighted by Gasteiger charge is -2.26. The van der Waals surface area contributed by atoms with Crippen LogP contribution in [0, 0.1) is 0 Å². The standard InChI is InChI=1S/C25H21ClN6O5/c26-16-5-10-21(27-13-16)30-22(33)14-32-20-4-2-1-3-19(20)29-24(32)37-25(35)28-17-6-8-18(9-7-17)31-11-12-36-15-23(31)34/h1-10,13H,11-12,14-15H2,(H,28,35)(H,27,30,33). The molecule has 188 valence electrons. The van der Waals surface area contributed by atoms with Gasteiger partial charge in [0.15, 0.2) is 0 Å². The maximum Gasteiger partial charge on any atom is 0.419 e. The van der Waals surface area contributed by atoms with E-state index in [1.54, 1.807) is 65.6 Å². The molecule has 2 aromatic heterocycles. The Morgan fingerprint density at radius 3 is 2.62 bits per heavy atom. The zero-order chi connectivity index (χ0) is 25.8. The number of hydrogen-bond donors (Lipinski definition) is 2. The zero-order valence-corrected chi connectivity index (χ0v) is 20.1. The predicted molar refractivity (Wildman–Crippen MR) is 137 cm³/mol. The SMILES string of the molecule is O=C(Cn1c(OC(=O)Nc2ccc(N3CCOCC3=O)cc2)nc2ccccc21)Nc1ccc(Cl)cn1. The summed E-state index contributed by atoms with van der Waals surface area (Å²) in [5.41, 5.74) is 2.34. The molecule has 2 aromatic carbocycles. The zero-order valence-electron chi connectivity index (χ0n) is 19.4. The molecule has 0 aliphatic carbocycles. The molecule has 1 saturated heterocycles. The number of fused-ring (bicyclic) bond motifs is 1. The Morgan fingerprint density at radius 2 is 1.86 bits per heavy atom. The summed E-state index contributed by atoms with van der Waals surface area (Å²) in [6.45, 7) is 0.802. The van der Waals surface area contributed by atoms with Crippen LogP contribution in [-0.4, -0.2) is 52.2 Å². The number of halogens is 1. The molecular weight excluding hydrogens is 500 g/mol. The van der Waals surface area contributed by atoms with Crippen molar-refractivity contribution >= 4 is 57.7 Å². The van der Waals surface area contributed by atoms with Gasteiger partial charge in [-0.2, -0.15) is 4.98 Å². The summed E-state index contributed by atoms with van der Waals surface area (Å²) in [6, 6.07) is 17.0. The number of nitrogens with zero attached hydrogens (tertiary/aromatic N) is 4. The quantitative estimate of drug-likeness (QED) is 0.397. The van der Waals surface area contributed by atoms with Gasteiger partial charge < -0.3 is 19.7 Å². The number of para-hydroxylation sites is 2. The first-order valence-electron chi connectivity index (χ1n) is 11.3. The molecule has 3 amide bonds. The van der Waals surface area contributed by atoms with Gasteiger partial charge in [0.25, 0.3) is 5.91 Å². The summed E-state index contributed by atoms with van der Waals surface area (Å²) in [7, 11) is 0. The number of anilines is 3. The number of nitrogens with one attached hydrogen (secondary N) is 2. The number of carbonyl (C=O) groups excluding carboxylic acids is 3. The first-order valence-corrected chi connectivity index (χ1v) is 11.7. The molecule has 11 nitrogen and oxygen atoms in total. The van der Waals surface area contributed by atoms with Gasteiger partial charge in [-0.05, 0) is 48.5 Å². The molecule has 5 rings (SSSR count). The van der Waals surface area contributed by atoms with Gasteiger partial charge in [0.05, 0.1) is 22.7 Å². The van der Waals surface area contributed by atoms with Crippen molar-refractivity contribution in [3.63, 3.8) is 0 Å². The molecule has 0 atom stereocenters. The smallest absolute Gasteiger partial charge is 0.375 e. The fraction of sp³-hybridized carbons (Fsp3) is 0.160. The molecule has 37 heavy (non-hydrogen) atoms. The Hall–Kier alpha value is -4.48. The minimum absolute atomic E-state index is 0.0432. The molecule has 0 bridgehead atoms. The first kappa shape index (κ1) is 24.2. The highest BCUT2D eigenvalue weighted by atomic mass is 35.5. The van der Waals surface area contributed by atoms with E-state index < -0.39 is 12.0 Å². The van der Waals surface area contributed by atoms with Crippen molar-refractivity contribution in [3.8, 4) is 6.01 Å². The van der Waals surface area contributed by atoms with E-state index in [2.05, 4.69) is 20.6 Å². The van der Waals surface area contributed by atoms with E-state index in [-0.39, 0.29) is 25.1 Å². The van der Waals surface area contributed by atoms with Crippen LogP contribution in [0.4, 0.5) is 22.0 Å². The highest BCUT2D eigenvalue weighted by Crippen LogP contribution is 2.23. The number of amides is 3. The third-order valence-electron chi connectivity index (χ3n) is 5.51. The molecule has 2 N–H and O–H groups in total. The minimum Gasteiger partial charge on any atom is -0.375 e. The van der Waals surface area contributed by atoms with Crippen molar-refractivity contribution in [2.24, 2.45) is 0 Å². The number of pyridine rings is 1. The number of morpholine rings is 1. The summed E-state index contributed by atoms with van der Waals surface area (Å²) in [6.07, 6.45) is 0.639. The van der Waals surface area contributed by atoms with Crippen molar-refractivity contribution in [2.75, 3.05) is 35.3 Å². The Labute approximate surface area is 216 Å². The first-order chi connectivity index (χ1) is 18.0. The maximum absolute atomic E-state index is 12.7. The van der Waals surface area contributed by atoms with E-state index in [4.69, 9.17) is 21.1 Å². The second-order valence-corrected chi connectivity index (χ2v) is 8.47.